The van der Waals surface area contributed by atoms with Crippen molar-refractivity contribution in [3.63, 3.8) is 0 Å². The Morgan fingerprint density at radius 3 is 2.62 bits per heavy atom. The highest BCUT2D eigenvalue weighted by atomic mass is 16.2. The highest BCUT2D eigenvalue weighted by Crippen LogP contribution is 1.86. The number of hydrogen-bond acceptors (Lipinski definition) is 3. The minimum Gasteiger partial charge on any atom is -0.313 e. The standard InChI is InChI=1S/C8H10N2O3/c1-3-10-7(12)6(5(2)11)4-9-8(10)13/h4H,3H2,1-2H3,(H,9,13). The van der Waals surface area contributed by atoms with Crippen molar-refractivity contribution in [3.05, 3.63) is 32.6 Å². The second-order valence-electron chi connectivity index (χ2n) is 2.61. The number of nitrogens with zero attached hydrogens (tertiary/aromatic N) is 1. The Kier molecular flexibility index (Phi) is 2.46. The number of nitrogens with one attached hydrogen (secondary N) is 1. The minimum atomic E-state index is -0.529. The van der Waals surface area contributed by atoms with Gasteiger partial charge in [0.25, 0.3) is 5.56 Å². The second kappa shape index (κ2) is 3.38. The molecule has 13 heavy (non-hydrogen) atoms. The number of hydrogen-bond donors (Lipinski definition) is 1. The van der Waals surface area contributed by atoms with Crippen LogP contribution < -0.4 is 11.2 Å². The molecule has 1 N–H and O–H groups in total. The molecule has 0 saturated carbocycles. The molecular formula is C8H10N2O3. The van der Waals surface area contributed by atoms with Gasteiger partial charge in [0.1, 0.15) is 0 Å². The fraction of sp³-hybridized carbons (Fsp3) is 0.375. The van der Waals surface area contributed by atoms with Crippen molar-refractivity contribution < 1.29 is 4.79 Å². The first kappa shape index (κ1) is 9.44. The fourth-order valence-electron chi connectivity index (χ4n) is 1.05. The van der Waals surface area contributed by atoms with Gasteiger partial charge >= 0.3 is 5.69 Å². The van der Waals surface area contributed by atoms with Crippen molar-refractivity contribution in [1.29, 1.82) is 0 Å². The lowest BCUT2D eigenvalue weighted by Gasteiger charge is -2.00. The summed E-state index contributed by atoms with van der Waals surface area (Å²) in [6.07, 6.45) is 1.15. The predicted molar refractivity (Wildman–Crippen MR) is 47.0 cm³/mol. The molecule has 0 atom stereocenters. The van der Waals surface area contributed by atoms with E-state index in [1.54, 1.807) is 6.92 Å². The van der Waals surface area contributed by atoms with Gasteiger partial charge in [-0.25, -0.2) is 4.79 Å². The first-order valence-corrected chi connectivity index (χ1v) is 3.91. The van der Waals surface area contributed by atoms with Gasteiger partial charge in [-0.3, -0.25) is 14.2 Å². The second-order valence-corrected chi connectivity index (χ2v) is 2.61. The molecule has 70 valence electrons. The third kappa shape index (κ3) is 1.58. The molecule has 0 saturated heterocycles. The number of ketones is 1. The normalized spacial score (nSPS) is 10.0. The lowest BCUT2D eigenvalue weighted by Crippen LogP contribution is -2.37. The highest BCUT2D eigenvalue weighted by Gasteiger charge is 2.08. The van der Waals surface area contributed by atoms with Crippen molar-refractivity contribution in [2.45, 2.75) is 20.4 Å². The van der Waals surface area contributed by atoms with Gasteiger partial charge in [0.2, 0.25) is 0 Å². The predicted octanol–water partition coefficient (Wildman–Crippen LogP) is -0.241. The molecule has 1 heterocycles. The van der Waals surface area contributed by atoms with Crippen LogP contribution in [0.5, 0.6) is 0 Å². The Labute approximate surface area is 74.0 Å². The summed E-state index contributed by atoms with van der Waals surface area (Å²) in [5, 5.41) is 0. The van der Waals surface area contributed by atoms with E-state index in [1.807, 2.05) is 0 Å². The average molecular weight is 182 g/mol. The fourth-order valence-corrected chi connectivity index (χ4v) is 1.05. The number of carbonyl (C=O) groups excluding carboxylic acids is 1. The summed E-state index contributed by atoms with van der Waals surface area (Å²) in [5.74, 6) is -0.344. The SMILES string of the molecule is CCn1c(=O)[nH]cc(C(C)=O)c1=O. The topological polar surface area (TPSA) is 71.9 Å². The molecule has 1 rings (SSSR count). The van der Waals surface area contributed by atoms with E-state index < -0.39 is 11.2 Å². The van der Waals surface area contributed by atoms with Crippen LogP contribution in [0.4, 0.5) is 0 Å². The molecule has 0 aliphatic carbocycles. The maximum atomic E-state index is 11.4. The zero-order valence-corrected chi connectivity index (χ0v) is 7.46. The molecule has 1 aromatic rings. The number of carbonyl (C=O) groups is 1. The molecule has 5 heteroatoms. The lowest BCUT2D eigenvalue weighted by atomic mass is 10.2. The van der Waals surface area contributed by atoms with Gasteiger partial charge in [-0.2, -0.15) is 0 Å². The van der Waals surface area contributed by atoms with Crippen molar-refractivity contribution >= 4 is 5.78 Å². The van der Waals surface area contributed by atoms with E-state index in [-0.39, 0.29) is 17.9 Å². The molecular weight excluding hydrogens is 172 g/mol. The number of aromatic amines is 1. The molecule has 1 aromatic heterocycles. The van der Waals surface area contributed by atoms with Crippen LogP contribution in [0.3, 0.4) is 0 Å². The van der Waals surface area contributed by atoms with Crippen molar-refractivity contribution in [1.82, 2.24) is 9.55 Å². The third-order valence-corrected chi connectivity index (χ3v) is 1.76. The Balaban J connectivity index is 3.55. The molecule has 0 aliphatic heterocycles. The Morgan fingerprint density at radius 2 is 2.15 bits per heavy atom. The summed E-state index contributed by atoms with van der Waals surface area (Å²) in [6, 6.07) is 0. The van der Waals surface area contributed by atoms with E-state index >= 15 is 0 Å². The number of Topliss-reactive ketones (excluding diaryl/α,β-unsaturated/α-hetero) is 1. The Bertz CT molecular complexity index is 441. The summed E-state index contributed by atoms with van der Waals surface area (Å²) in [6.45, 7) is 3.21. The van der Waals surface area contributed by atoms with E-state index in [0.717, 1.165) is 10.8 Å². The Morgan fingerprint density at radius 1 is 1.54 bits per heavy atom. The monoisotopic (exact) mass is 182 g/mol. The van der Waals surface area contributed by atoms with Gasteiger partial charge < -0.3 is 4.98 Å². The number of H-pyrrole nitrogens is 1. The van der Waals surface area contributed by atoms with Crippen LogP contribution in [-0.2, 0) is 6.54 Å². The third-order valence-electron chi connectivity index (χ3n) is 1.76. The summed E-state index contributed by atoms with van der Waals surface area (Å²) in [7, 11) is 0. The molecule has 0 amide bonds. The van der Waals surface area contributed by atoms with Crippen LogP contribution in [-0.4, -0.2) is 15.3 Å². The summed E-state index contributed by atoms with van der Waals surface area (Å²) in [4.78, 5) is 35.7. The maximum absolute atomic E-state index is 11.4. The summed E-state index contributed by atoms with van der Waals surface area (Å²) < 4.78 is 0.983. The van der Waals surface area contributed by atoms with Crippen LogP contribution in [0.1, 0.15) is 24.2 Å². The van der Waals surface area contributed by atoms with Crippen molar-refractivity contribution in [2.24, 2.45) is 0 Å². The molecule has 0 unspecified atom stereocenters. The summed E-state index contributed by atoms with van der Waals surface area (Å²) in [5.41, 5.74) is -1.00. The summed E-state index contributed by atoms with van der Waals surface area (Å²) >= 11 is 0. The van der Waals surface area contributed by atoms with Gasteiger partial charge in [0.15, 0.2) is 5.78 Å². The zero-order chi connectivity index (χ0) is 10.0. The van der Waals surface area contributed by atoms with E-state index in [9.17, 15) is 14.4 Å². The van der Waals surface area contributed by atoms with Crippen molar-refractivity contribution in [3.8, 4) is 0 Å². The van der Waals surface area contributed by atoms with Gasteiger partial charge in [-0.15, -0.1) is 0 Å². The highest BCUT2D eigenvalue weighted by molar-refractivity contribution is 5.93. The molecule has 0 fully saturated rings. The molecule has 0 spiro atoms. The average Bonchev–Trinajstić information content (AvgIpc) is 2.04. The van der Waals surface area contributed by atoms with E-state index in [2.05, 4.69) is 4.98 Å². The van der Waals surface area contributed by atoms with Crippen LogP contribution in [0, 0.1) is 0 Å². The van der Waals surface area contributed by atoms with E-state index in [0.29, 0.717) is 0 Å². The lowest BCUT2D eigenvalue weighted by molar-refractivity contribution is 0.101. The van der Waals surface area contributed by atoms with E-state index in [4.69, 9.17) is 0 Å². The van der Waals surface area contributed by atoms with Crippen LogP contribution in [0.25, 0.3) is 0 Å². The van der Waals surface area contributed by atoms with Crippen LogP contribution in [0.2, 0.25) is 0 Å². The molecule has 5 nitrogen and oxygen atoms in total. The Hall–Kier alpha value is -1.65. The van der Waals surface area contributed by atoms with Gasteiger partial charge in [-0.1, -0.05) is 0 Å². The van der Waals surface area contributed by atoms with Crippen LogP contribution in [0.15, 0.2) is 15.8 Å². The van der Waals surface area contributed by atoms with Gasteiger partial charge in [0, 0.05) is 12.7 Å². The van der Waals surface area contributed by atoms with Crippen molar-refractivity contribution in [2.75, 3.05) is 0 Å². The van der Waals surface area contributed by atoms with Gasteiger partial charge in [-0.05, 0) is 13.8 Å². The molecule has 0 aliphatic rings. The first-order valence-electron chi connectivity index (χ1n) is 3.91. The number of aromatic nitrogens is 2. The first-order chi connectivity index (χ1) is 6.07. The molecule has 0 bridgehead atoms. The number of rotatable bonds is 2. The minimum absolute atomic E-state index is 0.0152. The van der Waals surface area contributed by atoms with Crippen LogP contribution >= 0.6 is 0 Å². The smallest absolute Gasteiger partial charge is 0.313 e. The molecule has 0 aromatic carbocycles. The molecule has 0 radical (unpaired) electrons. The quantitative estimate of drug-likeness (QED) is 0.641. The maximum Gasteiger partial charge on any atom is 0.328 e. The van der Waals surface area contributed by atoms with Gasteiger partial charge in [0.05, 0.1) is 5.56 Å². The zero-order valence-electron chi connectivity index (χ0n) is 7.46. The van der Waals surface area contributed by atoms with E-state index in [1.165, 1.54) is 6.92 Å². The largest absolute Gasteiger partial charge is 0.328 e.